The lowest BCUT2D eigenvalue weighted by molar-refractivity contribution is -0.125. The number of fused-ring (bicyclic) bond motifs is 3. The van der Waals surface area contributed by atoms with E-state index in [0.717, 1.165) is 34.9 Å². The molecule has 0 aliphatic heterocycles. The maximum Gasteiger partial charge on any atom is 0.165 e. The zero-order valence-electron chi connectivity index (χ0n) is 13.9. The molecule has 4 rings (SSSR count). The topological polar surface area (TPSA) is 56.0 Å². The summed E-state index contributed by atoms with van der Waals surface area (Å²) in [6.07, 6.45) is 5.85. The van der Waals surface area contributed by atoms with Crippen LogP contribution in [0.1, 0.15) is 39.2 Å². The van der Waals surface area contributed by atoms with Crippen LogP contribution in [0, 0.1) is 16.7 Å². The number of hydrogen-bond donors (Lipinski definition) is 1. The molecule has 2 N–H and O–H groups in total. The summed E-state index contributed by atoms with van der Waals surface area (Å²) >= 11 is 0. The molecule has 1 aromatic heterocycles. The zero-order chi connectivity index (χ0) is 16.4. The van der Waals surface area contributed by atoms with Crippen molar-refractivity contribution >= 4 is 28.4 Å². The molecule has 2 bridgehead atoms. The highest BCUT2D eigenvalue weighted by Gasteiger charge is 2.63. The first-order valence-corrected chi connectivity index (χ1v) is 8.26. The van der Waals surface area contributed by atoms with Crippen LogP contribution in [0.5, 0.6) is 0 Å². The molecule has 0 unspecified atom stereocenters. The van der Waals surface area contributed by atoms with Gasteiger partial charge in [0.15, 0.2) is 5.78 Å². The van der Waals surface area contributed by atoms with Crippen molar-refractivity contribution in [2.45, 2.75) is 33.6 Å². The molecule has 0 radical (unpaired) electrons. The lowest BCUT2D eigenvalue weighted by Crippen LogP contribution is -2.32. The number of pyridine rings is 1. The van der Waals surface area contributed by atoms with Crippen molar-refractivity contribution in [3.63, 3.8) is 0 Å². The summed E-state index contributed by atoms with van der Waals surface area (Å²) in [5, 5.41) is 1.03. The third-order valence-corrected chi connectivity index (χ3v) is 6.52. The van der Waals surface area contributed by atoms with E-state index in [2.05, 4.69) is 25.8 Å². The molecule has 3 heteroatoms. The summed E-state index contributed by atoms with van der Waals surface area (Å²) in [4.78, 5) is 17.3. The second kappa shape index (κ2) is 4.44. The molecular formula is C20H22N2O. The predicted molar refractivity (Wildman–Crippen MR) is 93.8 cm³/mol. The summed E-state index contributed by atoms with van der Waals surface area (Å²) in [6.45, 7) is 6.59. The monoisotopic (exact) mass is 306 g/mol. The molecule has 1 aromatic carbocycles. The Labute approximate surface area is 136 Å². The molecule has 0 amide bonds. The lowest BCUT2D eigenvalue weighted by Gasteiger charge is -2.31. The van der Waals surface area contributed by atoms with Gasteiger partial charge in [-0.1, -0.05) is 39.0 Å². The Balaban J connectivity index is 1.86. The molecule has 1 heterocycles. The van der Waals surface area contributed by atoms with Crippen molar-refractivity contribution in [3.8, 4) is 0 Å². The second-order valence-corrected chi connectivity index (χ2v) is 7.72. The van der Waals surface area contributed by atoms with Gasteiger partial charge in [-0.2, -0.15) is 0 Å². The maximum absolute atomic E-state index is 13.0. The zero-order valence-corrected chi connectivity index (χ0v) is 13.9. The van der Waals surface area contributed by atoms with Crippen LogP contribution in [0.15, 0.2) is 36.0 Å². The Morgan fingerprint density at radius 1 is 1.26 bits per heavy atom. The van der Waals surface area contributed by atoms with Gasteiger partial charge >= 0.3 is 0 Å². The van der Waals surface area contributed by atoms with Gasteiger partial charge < -0.3 is 5.73 Å². The first kappa shape index (κ1) is 14.4. The van der Waals surface area contributed by atoms with Gasteiger partial charge in [-0.05, 0) is 36.3 Å². The molecule has 23 heavy (non-hydrogen) atoms. The first-order chi connectivity index (χ1) is 10.9. The molecule has 2 aliphatic rings. The average Bonchev–Trinajstić information content (AvgIpc) is 2.84. The van der Waals surface area contributed by atoms with E-state index in [0.29, 0.717) is 17.4 Å². The minimum absolute atomic E-state index is 0.0276. The van der Waals surface area contributed by atoms with Crippen LogP contribution in [0.4, 0.5) is 5.69 Å². The Morgan fingerprint density at radius 3 is 2.74 bits per heavy atom. The number of rotatable bonds is 1. The van der Waals surface area contributed by atoms with Crippen LogP contribution in [0.25, 0.3) is 17.0 Å². The van der Waals surface area contributed by atoms with Gasteiger partial charge in [0.2, 0.25) is 0 Å². The Bertz CT molecular complexity index is 865. The number of nitrogen functional groups attached to an aromatic ring is 1. The fraction of sp³-hybridized carbons (Fsp3) is 0.400. The first-order valence-electron chi connectivity index (χ1n) is 8.26. The van der Waals surface area contributed by atoms with Crippen LogP contribution < -0.4 is 5.73 Å². The van der Waals surface area contributed by atoms with Gasteiger partial charge in [0.25, 0.3) is 0 Å². The predicted octanol–water partition coefficient (Wildman–Crippen LogP) is 4.23. The van der Waals surface area contributed by atoms with Crippen LogP contribution in [-0.4, -0.2) is 10.8 Å². The van der Waals surface area contributed by atoms with Crippen LogP contribution >= 0.6 is 0 Å². The Hall–Kier alpha value is -2.16. The van der Waals surface area contributed by atoms with E-state index < -0.39 is 0 Å². The number of allylic oxidation sites excluding steroid dienone is 1. The van der Waals surface area contributed by atoms with Gasteiger partial charge in [-0.15, -0.1) is 0 Å². The van der Waals surface area contributed by atoms with Gasteiger partial charge in [-0.3, -0.25) is 9.78 Å². The van der Waals surface area contributed by atoms with Crippen molar-refractivity contribution in [2.24, 2.45) is 16.7 Å². The summed E-state index contributed by atoms with van der Waals surface area (Å²) < 4.78 is 0. The lowest BCUT2D eigenvalue weighted by atomic mass is 9.70. The van der Waals surface area contributed by atoms with Crippen molar-refractivity contribution in [1.82, 2.24) is 4.98 Å². The number of carbonyl (C=O) groups excluding carboxylic acids is 1. The largest absolute Gasteiger partial charge is 0.396 e. The number of ketones is 1. The summed E-state index contributed by atoms with van der Waals surface area (Å²) in [5.41, 5.74) is 9.45. The van der Waals surface area contributed by atoms with E-state index in [-0.39, 0.29) is 10.8 Å². The molecule has 118 valence electrons. The fourth-order valence-electron chi connectivity index (χ4n) is 4.57. The Morgan fingerprint density at radius 2 is 2.04 bits per heavy atom. The number of nitrogens with zero attached hydrogens (tertiary/aromatic N) is 1. The van der Waals surface area contributed by atoms with Gasteiger partial charge in [0.05, 0.1) is 11.2 Å². The standard InChI is InChI=1S/C20H22N2O/c1-19(2)15-8-9-20(19,3)18(23)14(15)11-13-7-6-12-5-4-10-22-17(12)16(13)21/h4-7,10-11,15H,8-9,21H2,1-3H3/b14-11+/t15-,20+/m1/s1. The molecule has 0 saturated heterocycles. The van der Waals surface area contributed by atoms with E-state index in [1.807, 2.05) is 30.3 Å². The number of aromatic nitrogens is 1. The molecule has 0 spiro atoms. The average molecular weight is 306 g/mol. The molecule has 2 atom stereocenters. The van der Waals surface area contributed by atoms with Crippen molar-refractivity contribution in [2.75, 3.05) is 5.73 Å². The van der Waals surface area contributed by atoms with E-state index in [1.54, 1.807) is 6.20 Å². The number of benzene rings is 1. The van der Waals surface area contributed by atoms with Crippen molar-refractivity contribution in [3.05, 3.63) is 41.6 Å². The number of anilines is 1. The molecular weight excluding hydrogens is 284 g/mol. The molecule has 3 nitrogen and oxygen atoms in total. The molecule has 2 aliphatic carbocycles. The highest BCUT2D eigenvalue weighted by molar-refractivity contribution is 6.09. The second-order valence-electron chi connectivity index (χ2n) is 7.72. The van der Waals surface area contributed by atoms with Gasteiger partial charge in [-0.25, -0.2) is 0 Å². The van der Waals surface area contributed by atoms with Gasteiger partial charge in [0.1, 0.15) is 0 Å². The number of hydrogen-bond acceptors (Lipinski definition) is 3. The minimum atomic E-state index is -0.229. The van der Waals surface area contributed by atoms with E-state index in [4.69, 9.17) is 5.73 Å². The molecule has 2 aromatic rings. The highest BCUT2D eigenvalue weighted by Crippen LogP contribution is 2.65. The normalized spacial score (nSPS) is 30.5. The third kappa shape index (κ3) is 1.71. The SMILES string of the molecule is CC1(C)[C@@H]2CC[C@@]1(C)C(=O)/C2=C/c1ccc2cccnc2c1N. The summed E-state index contributed by atoms with van der Waals surface area (Å²) in [7, 11) is 0. The molecule has 2 fully saturated rings. The van der Waals surface area contributed by atoms with Crippen molar-refractivity contribution < 1.29 is 4.79 Å². The van der Waals surface area contributed by atoms with E-state index in [1.165, 1.54) is 0 Å². The quantitative estimate of drug-likeness (QED) is 0.634. The highest BCUT2D eigenvalue weighted by atomic mass is 16.1. The number of nitrogens with two attached hydrogens (primary N) is 1. The third-order valence-electron chi connectivity index (χ3n) is 6.52. The van der Waals surface area contributed by atoms with E-state index in [9.17, 15) is 4.79 Å². The Kier molecular flexibility index (Phi) is 2.78. The van der Waals surface area contributed by atoms with Crippen LogP contribution in [0.2, 0.25) is 0 Å². The fourth-order valence-corrected chi connectivity index (χ4v) is 4.57. The van der Waals surface area contributed by atoms with Crippen LogP contribution in [-0.2, 0) is 4.79 Å². The summed E-state index contributed by atoms with van der Waals surface area (Å²) in [6, 6.07) is 7.93. The number of Topliss-reactive ketones (excluding diaryl/α,β-unsaturated/α-hetero) is 1. The maximum atomic E-state index is 13.0. The molecule has 2 saturated carbocycles. The number of carbonyl (C=O) groups is 1. The van der Waals surface area contributed by atoms with Gasteiger partial charge in [0, 0.05) is 28.1 Å². The van der Waals surface area contributed by atoms with Crippen LogP contribution in [0.3, 0.4) is 0 Å². The minimum Gasteiger partial charge on any atom is -0.396 e. The van der Waals surface area contributed by atoms with Crippen molar-refractivity contribution in [1.29, 1.82) is 0 Å². The summed E-state index contributed by atoms with van der Waals surface area (Å²) in [5.74, 6) is 0.637. The van der Waals surface area contributed by atoms with E-state index >= 15 is 0 Å². The smallest absolute Gasteiger partial charge is 0.165 e.